The van der Waals surface area contributed by atoms with E-state index in [9.17, 15) is 4.79 Å². The molecule has 20 heavy (non-hydrogen) atoms. The number of hydrogen-bond acceptors (Lipinski definition) is 4. The molecule has 2 N–H and O–H groups in total. The van der Waals surface area contributed by atoms with E-state index >= 15 is 0 Å². The third-order valence-electron chi connectivity index (χ3n) is 2.95. The second-order valence-electron chi connectivity index (χ2n) is 5.92. The molecule has 2 aromatic rings. The number of thiophene rings is 1. The van der Waals surface area contributed by atoms with Crippen LogP contribution in [0.4, 0.5) is 0 Å². The van der Waals surface area contributed by atoms with Crippen molar-refractivity contribution in [1.29, 1.82) is 0 Å². The van der Waals surface area contributed by atoms with Gasteiger partial charge in [-0.1, -0.05) is 18.2 Å². The molecule has 1 unspecified atom stereocenters. The molecule has 2 rings (SSSR count). The van der Waals surface area contributed by atoms with Crippen LogP contribution in [0.25, 0.3) is 10.1 Å². The highest BCUT2D eigenvalue weighted by Crippen LogP contribution is 2.27. The van der Waals surface area contributed by atoms with Gasteiger partial charge in [-0.2, -0.15) is 0 Å². The van der Waals surface area contributed by atoms with Gasteiger partial charge in [0, 0.05) is 16.1 Å². The van der Waals surface area contributed by atoms with Gasteiger partial charge < -0.3 is 10.5 Å². The van der Waals surface area contributed by atoms with Gasteiger partial charge in [0.05, 0.1) is 5.92 Å². The number of nitrogens with two attached hydrogens (primary N) is 1. The number of fused-ring (bicyclic) bond motifs is 1. The summed E-state index contributed by atoms with van der Waals surface area (Å²) in [5.74, 6) is -0.486. The van der Waals surface area contributed by atoms with Crippen LogP contribution in [0.3, 0.4) is 0 Å². The van der Waals surface area contributed by atoms with Gasteiger partial charge in [-0.25, -0.2) is 0 Å². The van der Waals surface area contributed by atoms with Crippen LogP contribution in [0, 0.1) is 5.92 Å². The van der Waals surface area contributed by atoms with Gasteiger partial charge in [-0.3, -0.25) is 4.79 Å². The maximum absolute atomic E-state index is 12.1. The van der Waals surface area contributed by atoms with Gasteiger partial charge in [0.1, 0.15) is 5.60 Å². The van der Waals surface area contributed by atoms with E-state index in [2.05, 4.69) is 18.2 Å². The molecule has 0 bridgehead atoms. The van der Waals surface area contributed by atoms with Crippen LogP contribution in [0.2, 0.25) is 0 Å². The largest absolute Gasteiger partial charge is 0.460 e. The van der Waals surface area contributed by atoms with Crippen molar-refractivity contribution in [2.45, 2.75) is 32.8 Å². The van der Waals surface area contributed by atoms with Crippen molar-refractivity contribution >= 4 is 27.4 Å². The quantitative estimate of drug-likeness (QED) is 0.879. The summed E-state index contributed by atoms with van der Waals surface area (Å²) < 4.78 is 6.66. The molecule has 0 aliphatic rings. The van der Waals surface area contributed by atoms with E-state index in [1.807, 2.05) is 32.9 Å². The van der Waals surface area contributed by atoms with E-state index in [-0.39, 0.29) is 11.9 Å². The first kappa shape index (κ1) is 15.0. The molecule has 1 aromatic carbocycles. The molecule has 0 saturated heterocycles. The van der Waals surface area contributed by atoms with E-state index in [4.69, 9.17) is 10.5 Å². The summed E-state index contributed by atoms with van der Waals surface area (Å²) in [7, 11) is 0. The Bertz CT molecular complexity index is 565. The zero-order valence-electron chi connectivity index (χ0n) is 12.2. The van der Waals surface area contributed by atoms with E-state index in [1.54, 1.807) is 11.3 Å². The molecular weight excluding hydrogens is 270 g/mol. The summed E-state index contributed by atoms with van der Waals surface area (Å²) in [5.41, 5.74) is 5.27. The molecule has 0 radical (unpaired) electrons. The molecule has 0 spiro atoms. The van der Waals surface area contributed by atoms with Gasteiger partial charge in [0.25, 0.3) is 0 Å². The third kappa shape index (κ3) is 3.81. The highest BCUT2D eigenvalue weighted by molar-refractivity contribution is 7.19. The standard InChI is InChI=1S/C16H21NO2S/c1-16(2,3)19-15(18)12(10-17)9-13-8-11-6-4-5-7-14(11)20-13/h4-8,12H,9-10,17H2,1-3H3. The van der Waals surface area contributed by atoms with Crippen LogP contribution >= 0.6 is 11.3 Å². The minimum absolute atomic E-state index is 0.211. The summed E-state index contributed by atoms with van der Waals surface area (Å²) in [6.45, 7) is 5.93. The average molecular weight is 291 g/mol. The number of hydrogen-bond donors (Lipinski definition) is 1. The number of carbonyl (C=O) groups is 1. The number of ether oxygens (including phenoxy) is 1. The normalized spacial score (nSPS) is 13.4. The van der Waals surface area contributed by atoms with Gasteiger partial charge >= 0.3 is 5.97 Å². The Balaban J connectivity index is 2.11. The Morgan fingerprint density at radius 3 is 2.65 bits per heavy atom. The van der Waals surface area contributed by atoms with Crippen LogP contribution in [-0.2, 0) is 16.0 Å². The Kier molecular flexibility index (Phi) is 4.45. The van der Waals surface area contributed by atoms with Crippen LogP contribution < -0.4 is 5.73 Å². The molecule has 1 atom stereocenters. The zero-order chi connectivity index (χ0) is 14.8. The lowest BCUT2D eigenvalue weighted by molar-refractivity contribution is -0.159. The van der Waals surface area contributed by atoms with Crippen molar-refractivity contribution in [3.05, 3.63) is 35.2 Å². The molecule has 0 aliphatic heterocycles. The van der Waals surface area contributed by atoms with Crippen LogP contribution in [0.5, 0.6) is 0 Å². The summed E-state index contributed by atoms with van der Waals surface area (Å²) in [6.07, 6.45) is 0.644. The zero-order valence-corrected chi connectivity index (χ0v) is 13.0. The molecule has 4 heteroatoms. The topological polar surface area (TPSA) is 52.3 Å². The second kappa shape index (κ2) is 5.94. The smallest absolute Gasteiger partial charge is 0.311 e. The highest BCUT2D eigenvalue weighted by atomic mass is 32.1. The van der Waals surface area contributed by atoms with Gasteiger partial charge in [0.2, 0.25) is 0 Å². The molecule has 0 saturated carbocycles. The van der Waals surface area contributed by atoms with E-state index < -0.39 is 5.60 Å². The molecule has 108 valence electrons. The molecule has 0 aliphatic carbocycles. The lowest BCUT2D eigenvalue weighted by Gasteiger charge is -2.23. The van der Waals surface area contributed by atoms with Gasteiger partial charge in [-0.05, 0) is 44.7 Å². The monoisotopic (exact) mass is 291 g/mol. The molecule has 3 nitrogen and oxygen atoms in total. The number of rotatable bonds is 4. The molecular formula is C16H21NO2S. The minimum atomic E-state index is -0.468. The molecule has 1 heterocycles. The fourth-order valence-corrected chi connectivity index (χ4v) is 3.17. The third-order valence-corrected chi connectivity index (χ3v) is 4.09. The summed E-state index contributed by atoms with van der Waals surface area (Å²) in [4.78, 5) is 13.3. The first-order valence-corrected chi connectivity index (χ1v) is 7.61. The first-order chi connectivity index (χ1) is 9.39. The van der Waals surface area contributed by atoms with Crippen molar-refractivity contribution in [2.75, 3.05) is 6.54 Å². The van der Waals surface area contributed by atoms with Crippen molar-refractivity contribution < 1.29 is 9.53 Å². The van der Waals surface area contributed by atoms with Crippen molar-refractivity contribution in [2.24, 2.45) is 11.7 Å². The van der Waals surface area contributed by atoms with E-state index in [0.29, 0.717) is 13.0 Å². The average Bonchev–Trinajstić information content (AvgIpc) is 2.75. The van der Waals surface area contributed by atoms with Crippen molar-refractivity contribution in [1.82, 2.24) is 0 Å². The molecule has 1 aromatic heterocycles. The van der Waals surface area contributed by atoms with Crippen molar-refractivity contribution in [3.63, 3.8) is 0 Å². The lowest BCUT2D eigenvalue weighted by atomic mass is 10.0. The molecule has 0 amide bonds. The Morgan fingerprint density at radius 2 is 2.05 bits per heavy atom. The van der Waals surface area contributed by atoms with Gasteiger partial charge in [0.15, 0.2) is 0 Å². The van der Waals surface area contributed by atoms with Crippen LogP contribution in [-0.4, -0.2) is 18.1 Å². The first-order valence-electron chi connectivity index (χ1n) is 6.79. The second-order valence-corrected chi connectivity index (χ2v) is 7.09. The number of carbonyl (C=O) groups excluding carboxylic acids is 1. The predicted octanol–water partition coefficient (Wildman–Crippen LogP) is 3.36. The molecule has 0 fully saturated rings. The SMILES string of the molecule is CC(C)(C)OC(=O)C(CN)Cc1cc2ccccc2s1. The highest BCUT2D eigenvalue weighted by Gasteiger charge is 2.24. The summed E-state index contributed by atoms with van der Waals surface area (Å²) >= 11 is 1.71. The fraction of sp³-hybridized carbons (Fsp3) is 0.438. The number of esters is 1. The Hall–Kier alpha value is -1.39. The fourth-order valence-electron chi connectivity index (χ4n) is 2.03. The van der Waals surface area contributed by atoms with Gasteiger partial charge in [-0.15, -0.1) is 11.3 Å². The minimum Gasteiger partial charge on any atom is -0.460 e. The lowest BCUT2D eigenvalue weighted by Crippen LogP contribution is -2.33. The number of benzene rings is 1. The predicted molar refractivity (Wildman–Crippen MR) is 83.9 cm³/mol. The van der Waals surface area contributed by atoms with Crippen molar-refractivity contribution in [3.8, 4) is 0 Å². The van der Waals surface area contributed by atoms with Crippen LogP contribution in [0.1, 0.15) is 25.6 Å². The summed E-state index contributed by atoms with van der Waals surface area (Å²) in [5, 5.41) is 1.22. The maximum Gasteiger partial charge on any atom is 0.311 e. The van der Waals surface area contributed by atoms with E-state index in [0.717, 1.165) is 0 Å². The van der Waals surface area contributed by atoms with Crippen LogP contribution in [0.15, 0.2) is 30.3 Å². The maximum atomic E-state index is 12.1. The Morgan fingerprint density at radius 1 is 1.35 bits per heavy atom. The summed E-state index contributed by atoms with van der Waals surface area (Å²) in [6, 6.07) is 10.4. The Labute approximate surface area is 123 Å². The van der Waals surface area contributed by atoms with E-state index in [1.165, 1.54) is 15.0 Å².